The first-order valence-electron chi connectivity index (χ1n) is 47.8. The van der Waals surface area contributed by atoms with Crippen molar-refractivity contribution in [3.8, 4) is 34.5 Å². The number of carbonyl (C=O) groups is 4. The Labute approximate surface area is 758 Å². The highest BCUT2D eigenvalue weighted by Gasteiger charge is 2.31. The van der Waals surface area contributed by atoms with Crippen LogP contribution in [0.3, 0.4) is 0 Å². The van der Waals surface area contributed by atoms with Crippen LogP contribution in [-0.2, 0) is 38.0 Å². The van der Waals surface area contributed by atoms with Crippen LogP contribution in [0.2, 0.25) is 0 Å². The Hall–Kier alpha value is -8.90. The molecule has 3 N–H and O–H groups in total. The molecule has 4 aliphatic rings. The van der Waals surface area contributed by atoms with Gasteiger partial charge in [0.15, 0.2) is 18.9 Å². The minimum absolute atomic E-state index is 0.0334. The quantitative estimate of drug-likeness (QED) is 0.0189. The minimum Gasteiger partial charge on any atom is -0.508 e. The van der Waals surface area contributed by atoms with Crippen LogP contribution in [0, 0.1) is 17.8 Å². The van der Waals surface area contributed by atoms with Crippen molar-refractivity contribution < 1.29 is 81.9 Å². The predicted molar refractivity (Wildman–Crippen MR) is 510 cm³/mol. The largest absolute Gasteiger partial charge is 0.508 e. The molecule has 11 rings (SSSR count). The second kappa shape index (κ2) is 60.8. The van der Waals surface area contributed by atoms with Crippen molar-refractivity contribution in [3.63, 3.8) is 0 Å². The van der Waals surface area contributed by atoms with Crippen molar-refractivity contribution in [2.45, 2.75) is 351 Å². The summed E-state index contributed by atoms with van der Waals surface area (Å²) in [7, 11) is 2.70. The van der Waals surface area contributed by atoms with E-state index in [0.29, 0.717) is 89.4 Å². The summed E-state index contributed by atoms with van der Waals surface area (Å²) in [4.78, 5) is 46.6. The van der Waals surface area contributed by atoms with E-state index >= 15 is 0 Å². The summed E-state index contributed by atoms with van der Waals surface area (Å²) < 4.78 is 54.5. The van der Waals surface area contributed by atoms with Crippen molar-refractivity contribution in [1.29, 1.82) is 0 Å². The summed E-state index contributed by atoms with van der Waals surface area (Å²) >= 11 is 0. The highest BCUT2D eigenvalue weighted by Crippen LogP contribution is 2.34. The maximum atomic E-state index is 12.2. The molecule has 1 heterocycles. The van der Waals surface area contributed by atoms with Gasteiger partial charge in [-0.15, -0.1) is 0 Å². The summed E-state index contributed by atoms with van der Waals surface area (Å²) in [6, 6.07) is 49.9. The number of methoxy groups -OCH3 is 2. The first-order valence-corrected chi connectivity index (χ1v) is 47.8. The molecule has 7 aromatic carbocycles. The minimum atomic E-state index is -0.748. The van der Waals surface area contributed by atoms with Crippen molar-refractivity contribution in [3.05, 3.63) is 213 Å². The molecule has 0 spiro atoms. The molecular weight excluding hydrogens is 1580 g/mol. The van der Waals surface area contributed by atoms with E-state index in [1.807, 2.05) is 81.4 Å². The molecular formula is C109H160O17. The number of phenols is 3. The Balaban J connectivity index is 0.000000266. The van der Waals surface area contributed by atoms with Crippen molar-refractivity contribution in [2.75, 3.05) is 40.6 Å². The van der Waals surface area contributed by atoms with Gasteiger partial charge in [0.05, 0.1) is 46.2 Å². The number of rotatable bonds is 36. The average Bonchev–Trinajstić information content (AvgIpc) is 0.967. The van der Waals surface area contributed by atoms with Gasteiger partial charge >= 0.3 is 23.9 Å². The number of aromatic hydroxyl groups is 3. The Morgan fingerprint density at radius 2 is 0.643 bits per heavy atom. The molecule has 11 atom stereocenters. The summed E-state index contributed by atoms with van der Waals surface area (Å²) in [5.41, 5.74) is 9.85. The number of ether oxygens (including phenoxy) is 10. The Morgan fingerprint density at radius 1 is 0.349 bits per heavy atom. The third-order valence-electron chi connectivity index (χ3n) is 25.6. The first-order chi connectivity index (χ1) is 60.6. The second-order valence-corrected chi connectivity index (χ2v) is 35.0. The number of benzene rings is 7. The number of hydrogen-bond donors (Lipinski definition) is 3. The lowest BCUT2D eigenvalue weighted by Crippen LogP contribution is -2.22. The van der Waals surface area contributed by atoms with Crippen molar-refractivity contribution in [1.82, 2.24) is 0 Å². The van der Waals surface area contributed by atoms with E-state index in [4.69, 9.17) is 52.8 Å². The normalized spacial score (nSPS) is 16.9. The molecule has 698 valence electrons. The maximum absolute atomic E-state index is 12.2. The maximum Gasteiger partial charge on any atom is 0.347 e. The SMILES string of the molecule is CCC(C)c1ccc(C(=O)OC2CCOC2=O)cc1.CCC(C)c1ccc(O)c(C(=O)OC)c1.CCC(C)c1ccc(O)cc1.CCC(C)c1ccc(O)cc1.CCC(C)c1ccc(OC(C)OCCC2CCCCC2)c(C(=O)OC)c1.CCC(C)c1ccc(OC(C)OCCC2CCCCC2)cc1.CCC(C)c1ccc(OC(C)OCCC2CCCCC2)cc1. The molecule has 1 aliphatic heterocycles. The molecule has 11 unspecified atom stereocenters. The highest BCUT2D eigenvalue weighted by atomic mass is 16.7. The molecule has 17 nitrogen and oxygen atoms in total. The van der Waals surface area contributed by atoms with E-state index in [1.165, 1.54) is 170 Å². The molecule has 0 bridgehead atoms. The summed E-state index contributed by atoms with van der Waals surface area (Å²) in [6.45, 7) is 38.9. The fourth-order valence-electron chi connectivity index (χ4n) is 15.4. The summed E-state index contributed by atoms with van der Waals surface area (Å²) in [6.07, 6.45) is 30.8. The molecule has 4 fully saturated rings. The monoisotopic (exact) mass is 1740 g/mol. The number of carbonyl (C=O) groups excluding carboxylic acids is 4. The van der Waals surface area contributed by atoms with Gasteiger partial charge in [0.2, 0.25) is 6.10 Å². The lowest BCUT2D eigenvalue weighted by atomic mass is 9.87. The molecule has 0 aromatic heterocycles. The van der Waals surface area contributed by atoms with E-state index in [-0.39, 0.29) is 29.9 Å². The smallest absolute Gasteiger partial charge is 0.347 e. The summed E-state index contributed by atoms with van der Waals surface area (Å²) in [5.74, 6) is 7.33. The van der Waals surface area contributed by atoms with E-state index in [2.05, 4.69) is 150 Å². The third kappa shape index (κ3) is 40.2. The van der Waals surface area contributed by atoms with Crippen molar-refractivity contribution in [2.24, 2.45) is 17.8 Å². The molecule has 1 saturated heterocycles. The molecule has 3 aliphatic carbocycles. The highest BCUT2D eigenvalue weighted by molar-refractivity contribution is 5.93. The third-order valence-corrected chi connectivity index (χ3v) is 25.6. The zero-order valence-corrected chi connectivity index (χ0v) is 80.4. The number of esters is 4. The number of hydrogen-bond acceptors (Lipinski definition) is 17. The number of phenolic OH excluding ortho intramolecular Hbond substituents is 3. The predicted octanol–water partition coefficient (Wildman–Crippen LogP) is 28.7. The van der Waals surface area contributed by atoms with Crippen LogP contribution in [0.5, 0.6) is 34.5 Å². The van der Waals surface area contributed by atoms with Crippen LogP contribution in [0.25, 0.3) is 0 Å². The van der Waals surface area contributed by atoms with Gasteiger partial charge in [0, 0.05) is 6.42 Å². The fourth-order valence-corrected chi connectivity index (χ4v) is 15.4. The van der Waals surface area contributed by atoms with Crippen LogP contribution in [0.15, 0.2) is 158 Å². The van der Waals surface area contributed by atoms with Gasteiger partial charge in [0.25, 0.3) is 0 Å². The molecule has 0 radical (unpaired) electrons. The fraction of sp³-hybridized carbons (Fsp3) is 0.578. The zero-order chi connectivity index (χ0) is 92.3. The topological polar surface area (TPSA) is 221 Å². The van der Waals surface area contributed by atoms with Gasteiger partial charge in [0.1, 0.15) is 45.6 Å². The van der Waals surface area contributed by atoms with Crippen LogP contribution in [-0.4, -0.2) is 105 Å². The molecule has 17 heteroatoms. The van der Waals surface area contributed by atoms with Crippen LogP contribution in [0.4, 0.5) is 0 Å². The number of cyclic esters (lactones) is 1. The average molecular weight is 1740 g/mol. The van der Waals surface area contributed by atoms with Crippen LogP contribution >= 0.6 is 0 Å². The van der Waals surface area contributed by atoms with E-state index in [1.54, 1.807) is 42.5 Å². The Morgan fingerprint density at radius 3 is 0.968 bits per heavy atom. The van der Waals surface area contributed by atoms with Gasteiger partial charge in [-0.3, -0.25) is 0 Å². The van der Waals surface area contributed by atoms with Crippen molar-refractivity contribution >= 4 is 23.9 Å². The standard InChI is InChI=1S/C22H34O4.2C20H32O2.C15H18O4.C12H16O3.2C10H14O/c1-5-16(2)19-11-12-21(20(15-19)22(23)24-4)26-17(3)25-14-13-18-9-7-6-8-10-18;2*1-4-16(2)19-10-12-20(13-11-19)22-17(3)21-15-14-18-8-6-5-7-9-18;1-3-10(2)11-4-6-12(7-5-11)14(16)19-13-8-9-18-15(13)17;1-4-8(2)9-5-6-11(13)10(7-9)12(14)15-3;2*1-3-8(2)9-4-6-10(11)7-5-9/h11-12,15-18H,5-10,13-14H2,1-4H3;2*10-13,16-18H,4-9,14-15H2,1-3H3;4-7,10,13H,3,8-9H2,1-2H3;5-8,13H,4H2,1-3H3;2*4-8,11H,3H2,1-2H3. The van der Waals surface area contributed by atoms with E-state index in [0.717, 1.165) is 92.1 Å². The zero-order valence-electron chi connectivity index (χ0n) is 80.4. The van der Waals surface area contributed by atoms with Crippen LogP contribution < -0.4 is 14.2 Å². The van der Waals surface area contributed by atoms with Crippen LogP contribution in [0.1, 0.15) is 396 Å². The molecule has 3 saturated carbocycles. The van der Waals surface area contributed by atoms with E-state index < -0.39 is 30.3 Å². The van der Waals surface area contributed by atoms with Gasteiger partial charge < -0.3 is 62.7 Å². The molecule has 0 amide bonds. The second-order valence-electron chi connectivity index (χ2n) is 35.0. The Kier molecular flexibility index (Phi) is 51.9. The van der Waals surface area contributed by atoms with Gasteiger partial charge in [-0.05, 0) is 268 Å². The van der Waals surface area contributed by atoms with Gasteiger partial charge in [-0.25, -0.2) is 19.2 Å². The Bertz CT molecular complexity index is 3950. The lowest BCUT2D eigenvalue weighted by molar-refractivity contribution is -0.145. The summed E-state index contributed by atoms with van der Waals surface area (Å²) in [5, 5.41) is 27.5. The van der Waals surface area contributed by atoms with Gasteiger partial charge in [-0.1, -0.05) is 266 Å². The van der Waals surface area contributed by atoms with E-state index in [9.17, 15) is 24.3 Å². The molecule has 126 heavy (non-hydrogen) atoms. The van der Waals surface area contributed by atoms with Gasteiger partial charge in [-0.2, -0.15) is 0 Å². The first kappa shape index (κ1) is 108. The molecule has 7 aromatic rings. The lowest BCUT2D eigenvalue weighted by Gasteiger charge is -2.23.